The number of carbonyl (C=O) groups is 2. The highest BCUT2D eigenvalue weighted by Crippen LogP contribution is 2.32. The van der Waals surface area contributed by atoms with E-state index in [1.807, 2.05) is 0 Å². The molecule has 0 atom stereocenters. The van der Waals surface area contributed by atoms with E-state index in [1.165, 1.54) is 18.1 Å². The number of halogens is 2. The van der Waals surface area contributed by atoms with Crippen LogP contribution in [0.2, 0.25) is 10.0 Å². The molecule has 0 aliphatic rings. The molecule has 4 N–H and O–H groups in total. The number of hydrogen-bond acceptors (Lipinski definition) is 4. The lowest BCUT2D eigenvalue weighted by Gasteiger charge is -2.17. The van der Waals surface area contributed by atoms with E-state index < -0.39 is 23.4 Å². The minimum Gasteiger partial charge on any atom is -0.503 e. The van der Waals surface area contributed by atoms with E-state index >= 15 is 0 Å². The van der Waals surface area contributed by atoms with Gasteiger partial charge in [-0.1, -0.05) is 29.3 Å². The van der Waals surface area contributed by atoms with E-state index in [0.29, 0.717) is 10.0 Å². The first kappa shape index (κ1) is 18.0. The van der Waals surface area contributed by atoms with Gasteiger partial charge in [0.1, 0.15) is 12.1 Å². The van der Waals surface area contributed by atoms with Crippen LogP contribution in [0.5, 0.6) is 11.6 Å². The molecule has 2 amide bonds. The fourth-order valence-corrected chi connectivity index (χ4v) is 2.49. The highest BCUT2D eigenvalue weighted by Gasteiger charge is 2.23. The van der Waals surface area contributed by atoms with Crippen molar-refractivity contribution in [2.75, 3.05) is 7.05 Å². The fourth-order valence-electron chi connectivity index (χ4n) is 2.17. The monoisotopic (exact) mass is 371 g/mol. The number of rotatable bonds is 5. The van der Waals surface area contributed by atoms with Crippen LogP contribution in [0.4, 0.5) is 0 Å². The van der Waals surface area contributed by atoms with Crippen LogP contribution < -0.4 is 5.73 Å². The van der Waals surface area contributed by atoms with Crippen molar-refractivity contribution in [3.8, 4) is 11.6 Å². The molecule has 0 radical (unpaired) electrons. The zero-order chi connectivity index (χ0) is 18.0. The fraction of sp³-hybridized carbons (Fsp3) is 0.200. The van der Waals surface area contributed by atoms with Crippen LogP contribution in [0, 0.1) is 0 Å². The second-order valence-electron chi connectivity index (χ2n) is 5.22. The number of hydrogen-bond donors (Lipinski definition) is 3. The zero-order valence-electron chi connectivity index (χ0n) is 12.7. The lowest BCUT2D eigenvalue weighted by atomic mass is 10.2. The number of amides is 2. The quantitative estimate of drug-likeness (QED) is 0.746. The van der Waals surface area contributed by atoms with E-state index in [0.717, 1.165) is 10.1 Å². The first-order valence-electron chi connectivity index (χ1n) is 6.79. The minimum absolute atomic E-state index is 0.142. The first-order valence-corrected chi connectivity index (χ1v) is 7.55. The van der Waals surface area contributed by atoms with E-state index in [1.54, 1.807) is 18.2 Å². The number of aromatic hydroxyl groups is 2. The van der Waals surface area contributed by atoms with Gasteiger partial charge in [-0.05, 0) is 17.7 Å². The van der Waals surface area contributed by atoms with Gasteiger partial charge in [0.15, 0.2) is 5.75 Å². The Labute approximate surface area is 147 Å². The van der Waals surface area contributed by atoms with Crippen molar-refractivity contribution < 1.29 is 19.8 Å². The van der Waals surface area contributed by atoms with Gasteiger partial charge in [0, 0.05) is 19.8 Å². The zero-order valence-corrected chi connectivity index (χ0v) is 14.2. The Hall–Kier alpha value is -2.38. The maximum Gasteiger partial charge on any atom is 0.259 e. The molecule has 0 spiro atoms. The van der Waals surface area contributed by atoms with Crippen molar-refractivity contribution in [1.82, 2.24) is 9.47 Å². The van der Waals surface area contributed by atoms with Crippen molar-refractivity contribution in [3.05, 3.63) is 45.6 Å². The van der Waals surface area contributed by atoms with Crippen LogP contribution in [0.15, 0.2) is 24.4 Å². The number of carbonyl (C=O) groups excluding carboxylic acids is 2. The van der Waals surface area contributed by atoms with Gasteiger partial charge in [0.05, 0.1) is 10.0 Å². The summed E-state index contributed by atoms with van der Waals surface area (Å²) in [4.78, 5) is 24.7. The van der Waals surface area contributed by atoms with Crippen LogP contribution in [-0.2, 0) is 17.9 Å². The van der Waals surface area contributed by atoms with E-state index in [4.69, 9.17) is 28.9 Å². The summed E-state index contributed by atoms with van der Waals surface area (Å²) in [6, 6.07) is 4.96. The smallest absolute Gasteiger partial charge is 0.259 e. The van der Waals surface area contributed by atoms with Gasteiger partial charge in [-0.2, -0.15) is 0 Å². The Balaban J connectivity index is 2.21. The van der Waals surface area contributed by atoms with Crippen LogP contribution in [-0.4, -0.2) is 38.5 Å². The lowest BCUT2D eigenvalue weighted by Crippen LogP contribution is -2.26. The lowest BCUT2D eigenvalue weighted by molar-refractivity contribution is -0.118. The summed E-state index contributed by atoms with van der Waals surface area (Å²) < 4.78 is 0.998. The maximum atomic E-state index is 12.4. The molecule has 1 heterocycles. The van der Waals surface area contributed by atoms with Gasteiger partial charge in [-0.25, -0.2) is 0 Å². The highest BCUT2D eigenvalue weighted by molar-refractivity contribution is 6.42. The van der Waals surface area contributed by atoms with E-state index in [2.05, 4.69) is 0 Å². The molecular formula is C15H15Cl2N3O4. The van der Waals surface area contributed by atoms with Crippen molar-refractivity contribution in [2.45, 2.75) is 13.1 Å². The molecule has 2 aromatic rings. The van der Waals surface area contributed by atoms with Gasteiger partial charge < -0.3 is 25.4 Å². The summed E-state index contributed by atoms with van der Waals surface area (Å²) in [6.45, 7) is -0.153. The van der Waals surface area contributed by atoms with Gasteiger partial charge in [-0.3, -0.25) is 9.59 Å². The van der Waals surface area contributed by atoms with Gasteiger partial charge in [0.25, 0.3) is 5.91 Å². The summed E-state index contributed by atoms with van der Waals surface area (Å²) in [5.41, 5.74) is 5.64. The largest absolute Gasteiger partial charge is 0.503 e. The molecule has 0 aliphatic heterocycles. The summed E-state index contributed by atoms with van der Waals surface area (Å²) in [7, 11) is 1.52. The highest BCUT2D eigenvalue weighted by atomic mass is 35.5. The molecule has 0 aliphatic carbocycles. The first-order chi connectivity index (χ1) is 11.2. The van der Waals surface area contributed by atoms with Crippen molar-refractivity contribution in [2.24, 2.45) is 5.73 Å². The topological polar surface area (TPSA) is 109 Å². The number of primary amides is 1. The third kappa shape index (κ3) is 3.74. The molecule has 0 fully saturated rings. The van der Waals surface area contributed by atoms with Gasteiger partial charge in [-0.15, -0.1) is 0 Å². The second kappa shape index (κ2) is 7.02. The second-order valence-corrected chi connectivity index (χ2v) is 6.03. The van der Waals surface area contributed by atoms with Crippen LogP contribution >= 0.6 is 23.2 Å². The summed E-state index contributed by atoms with van der Waals surface area (Å²) in [5, 5.41) is 20.4. The summed E-state index contributed by atoms with van der Waals surface area (Å²) in [5.74, 6) is -2.47. The van der Waals surface area contributed by atoms with E-state index in [-0.39, 0.29) is 18.7 Å². The van der Waals surface area contributed by atoms with Crippen LogP contribution in [0.3, 0.4) is 0 Å². The summed E-state index contributed by atoms with van der Waals surface area (Å²) in [6.07, 6.45) is 1.17. The Morgan fingerprint density at radius 3 is 2.50 bits per heavy atom. The van der Waals surface area contributed by atoms with Crippen LogP contribution in [0.1, 0.15) is 15.9 Å². The Morgan fingerprint density at radius 1 is 1.25 bits per heavy atom. The molecule has 1 aromatic carbocycles. The third-order valence-corrected chi connectivity index (χ3v) is 4.07. The number of aromatic nitrogens is 1. The molecule has 2 rings (SSSR count). The normalized spacial score (nSPS) is 10.6. The average Bonchev–Trinajstić information content (AvgIpc) is 2.78. The van der Waals surface area contributed by atoms with Gasteiger partial charge >= 0.3 is 0 Å². The predicted molar refractivity (Wildman–Crippen MR) is 89.2 cm³/mol. The Kier molecular flexibility index (Phi) is 5.26. The summed E-state index contributed by atoms with van der Waals surface area (Å²) >= 11 is 11.8. The molecule has 0 saturated heterocycles. The minimum atomic E-state index is -0.719. The SMILES string of the molecule is CN(Cc1ccc(Cl)c(Cl)c1)C(=O)c1cn(CC(N)=O)c(O)c1O. The molecule has 128 valence electrons. The third-order valence-electron chi connectivity index (χ3n) is 3.33. The van der Waals surface area contributed by atoms with Crippen molar-refractivity contribution >= 4 is 35.0 Å². The van der Waals surface area contributed by atoms with Crippen molar-refractivity contribution in [1.29, 1.82) is 0 Å². The molecule has 0 unspecified atom stereocenters. The van der Waals surface area contributed by atoms with Gasteiger partial charge in [0.2, 0.25) is 11.8 Å². The Morgan fingerprint density at radius 2 is 1.92 bits per heavy atom. The average molecular weight is 372 g/mol. The van der Waals surface area contributed by atoms with Crippen LogP contribution in [0.25, 0.3) is 0 Å². The number of nitrogens with zero attached hydrogens (tertiary/aromatic N) is 2. The molecule has 7 nitrogen and oxygen atoms in total. The standard InChI is InChI=1S/C15H15Cl2N3O4/c1-19(5-8-2-3-10(16)11(17)4-8)14(23)9-6-20(7-12(18)21)15(24)13(9)22/h2-4,6,22,24H,5,7H2,1H3,(H2,18,21). The Bertz CT molecular complexity index is 804. The number of benzene rings is 1. The predicted octanol–water partition coefficient (Wildman–Crippen LogP) is 1.96. The molecule has 0 bridgehead atoms. The number of nitrogens with two attached hydrogens (primary N) is 1. The molecule has 1 aromatic heterocycles. The van der Waals surface area contributed by atoms with Crippen molar-refractivity contribution in [3.63, 3.8) is 0 Å². The molecule has 9 heteroatoms. The molecule has 24 heavy (non-hydrogen) atoms. The molecule has 0 saturated carbocycles. The molecular weight excluding hydrogens is 357 g/mol. The van der Waals surface area contributed by atoms with E-state index in [9.17, 15) is 19.8 Å². The maximum absolute atomic E-state index is 12.4.